The first-order valence-electron chi connectivity index (χ1n) is 7.45. The predicted molar refractivity (Wildman–Crippen MR) is 83.0 cm³/mol. The summed E-state index contributed by atoms with van der Waals surface area (Å²) in [5, 5.41) is 0. The van der Waals surface area contributed by atoms with Gasteiger partial charge in [0.15, 0.2) is 5.78 Å². The monoisotopic (exact) mass is 336 g/mol. The van der Waals surface area contributed by atoms with Crippen LogP contribution in [0.2, 0.25) is 0 Å². The Labute approximate surface area is 129 Å². The van der Waals surface area contributed by atoms with Gasteiger partial charge < -0.3 is 4.74 Å². The van der Waals surface area contributed by atoms with Gasteiger partial charge in [0.1, 0.15) is 0 Å². The third kappa shape index (κ3) is 2.15. The van der Waals surface area contributed by atoms with Crippen LogP contribution in [0, 0.1) is 11.3 Å². The molecule has 20 heavy (non-hydrogen) atoms. The fourth-order valence-corrected chi connectivity index (χ4v) is 4.48. The minimum Gasteiger partial charge on any atom is -0.381 e. The summed E-state index contributed by atoms with van der Waals surface area (Å²) in [6.45, 7) is 2.21. The molecule has 3 heteroatoms. The summed E-state index contributed by atoms with van der Waals surface area (Å²) in [4.78, 5) is 12.9. The zero-order valence-corrected chi connectivity index (χ0v) is 13.7. The number of ether oxygens (including phenoxy) is 1. The van der Waals surface area contributed by atoms with Gasteiger partial charge in [-0.15, -0.1) is 0 Å². The number of hydrogen-bond acceptors (Lipinski definition) is 2. The molecule has 1 spiro atoms. The molecule has 2 aliphatic carbocycles. The second-order valence-corrected chi connectivity index (χ2v) is 7.19. The Kier molecular flexibility index (Phi) is 3.76. The summed E-state index contributed by atoms with van der Waals surface area (Å²) in [7, 11) is 1.80. The molecule has 3 atom stereocenters. The molecule has 0 heterocycles. The quantitative estimate of drug-likeness (QED) is 0.800. The van der Waals surface area contributed by atoms with Crippen LogP contribution in [0.4, 0.5) is 0 Å². The molecule has 0 aromatic heterocycles. The fraction of sp³-hybridized carbons (Fsp3) is 0.588. The lowest BCUT2D eigenvalue weighted by Crippen LogP contribution is -2.41. The molecule has 1 aromatic rings. The van der Waals surface area contributed by atoms with Crippen LogP contribution in [0.1, 0.15) is 48.5 Å². The van der Waals surface area contributed by atoms with E-state index in [2.05, 4.69) is 28.9 Å². The van der Waals surface area contributed by atoms with Crippen molar-refractivity contribution in [3.8, 4) is 0 Å². The molecule has 3 unspecified atom stereocenters. The number of fused-ring (bicyclic) bond motifs is 1. The van der Waals surface area contributed by atoms with Crippen LogP contribution in [0.5, 0.6) is 0 Å². The highest BCUT2D eigenvalue weighted by Gasteiger charge is 2.49. The number of benzene rings is 1. The van der Waals surface area contributed by atoms with Crippen molar-refractivity contribution in [2.24, 2.45) is 11.3 Å². The van der Waals surface area contributed by atoms with Gasteiger partial charge in [0.25, 0.3) is 0 Å². The third-order valence-electron chi connectivity index (χ3n) is 5.24. The lowest BCUT2D eigenvalue weighted by atomic mass is 9.65. The van der Waals surface area contributed by atoms with Gasteiger partial charge in [-0.05, 0) is 49.3 Å². The number of rotatable bonds is 2. The van der Waals surface area contributed by atoms with E-state index in [-0.39, 0.29) is 5.41 Å². The van der Waals surface area contributed by atoms with Gasteiger partial charge in [0, 0.05) is 22.6 Å². The van der Waals surface area contributed by atoms with Crippen molar-refractivity contribution >= 4 is 21.7 Å². The second-order valence-electron chi connectivity index (χ2n) is 6.27. The lowest BCUT2D eigenvalue weighted by Gasteiger charge is -2.40. The number of halogens is 1. The highest BCUT2D eigenvalue weighted by molar-refractivity contribution is 9.10. The first-order chi connectivity index (χ1) is 9.59. The molecule has 0 bridgehead atoms. The van der Waals surface area contributed by atoms with Crippen LogP contribution in [-0.4, -0.2) is 19.0 Å². The van der Waals surface area contributed by atoms with Gasteiger partial charge in [-0.2, -0.15) is 0 Å². The van der Waals surface area contributed by atoms with E-state index in [1.54, 1.807) is 7.11 Å². The van der Waals surface area contributed by atoms with Gasteiger partial charge in [-0.3, -0.25) is 4.79 Å². The minimum atomic E-state index is -0.154. The van der Waals surface area contributed by atoms with Crippen molar-refractivity contribution in [2.45, 2.75) is 45.1 Å². The Balaban J connectivity index is 1.91. The maximum Gasteiger partial charge on any atom is 0.169 e. The zero-order chi connectivity index (χ0) is 14.3. The van der Waals surface area contributed by atoms with E-state index in [0.717, 1.165) is 42.1 Å². The number of hydrogen-bond donors (Lipinski definition) is 0. The van der Waals surface area contributed by atoms with Crippen molar-refractivity contribution in [3.63, 3.8) is 0 Å². The Bertz CT molecular complexity index is 540. The van der Waals surface area contributed by atoms with Crippen LogP contribution in [-0.2, 0) is 11.2 Å². The Morgan fingerprint density at radius 3 is 2.95 bits per heavy atom. The number of carbonyl (C=O) groups is 1. The van der Waals surface area contributed by atoms with Gasteiger partial charge >= 0.3 is 0 Å². The summed E-state index contributed by atoms with van der Waals surface area (Å²) in [6, 6.07) is 6.15. The fourth-order valence-electron chi connectivity index (χ4n) is 4.12. The highest BCUT2D eigenvalue weighted by Crippen LogP contribution is 2.50. The maximum atomic E-state index is 12.9. The molecule has 1 aromatic carbocycles. The average Bonchev–Trinajstić information content (AvgIpc) is 2.72. The number of Topliss-reactive ketones (excluding diaryl/α,β-unsaturated/α-hetero) is 1. The molecule has 2 nitrogen and oxygen atoms in total. The average molecular weight is 337 g/mol. The molecule has 0 saturated heterocycles. The molecule has 1 fully saturated rings. The SMILES string of the molecule is CCC1CC2(CCC1OC)Cc1ccc(Br)cc1C2=O. The molecule has 0 amide bonds. The van der Waals surface area contributed by atoms with Crippen LogP contribution >= 0.6 is 15.9 Å². The molecule has 0 N–H and O–H groups in total. The van der Waals surface area contributed by atoms with Crippen LogP contribution in [0.15, 0.2) is 22.7 Å². The van der Waals surface area contributed by atoms with E-state index in [1.165, 1.54) is 5.56 Å². The van der Waals surface area contributed by atoms with Crippen LogP contribution in [0.25, 0.3) is 0 Å². The Hall–Kier alpha value is -0.670. The molecule has 0 radical (unpaired) electrons. The van der Waals surface area contributed by atoms with E-state index >= 15 is 0 Å². The maximum absolute atomic E-state index is 12.9. The summed E-state index contributed by atoms with van der Waals surface area (Å²) in [6.07, 6.45) is 5.29. The molecular weight excluding hydrogens is 316 g/mol. The van der Waals surface area contributed by atoms with E-state index in [4.69, 9.17) is 4.74 Å². The van der Waals surface area contributed by atoms with Gasteiger partial charge in [-0.1, -0.05) is 35.3 Å². The largest absolute Gasteiger partial charge is 0.381 e. The normalized spacial score (nSPS) is 32.6. The van der Waals surface area contributed by atoms with Crippen molar-refractivity contribution in [1.29, 1.82) is 0 Å². The predicted octanol–water partition coefficient (Wildman–Crippen LogP) is 4.40. The lowest BCUT2D eigenvalue weighted by molar-refractivity contribution is -0.0144. The van der Waals surface area contributed by atoms with E-state index in [0.29, 0.717) is 17.8 Å². The van der Waals surface area contributed by atoms with Crippen molar-refractivity contribution in [3.05, 3.63) is 33.8 Å². The highest BCUT2D eigenvalue weighted by atomic mass is 79.9. The molecule has 3 rings (SSSR count). The number of ketones is 1. The van der Waals surface area contributed by atoms with E-state index < -0.39 is 0 Å². The van der Waals surface area contributed by atoms with E-state index in [1.807, 2.05) is 12.1 Å². The zero-order valence-electron chi connectivity index (χ0n) is 12.1. The molecule has 1 saturated carbocycles. The molecular formula is C17H21BrO2. The summed E-state index contributed by atoms with van der Waals surface area (Å²) in [5.41, 5.74) is 2.01. The van der Waals surface area contributed by atoms with E-state index in [9.17, 15) is 4.79 Å². The molecule has 0 aliphatic heterocycles. The topological polar surface area (TPSA) is 26.3 Å². The summed E-state index contributed by atoms with van der Waals surface area (Å²) >= 11 is 3.48. The first kappa shape index (κ1) is 14.3. The third-order valence-corrected chi connectivity index (χ3v) is 5.73. The van der Waals surface area contributed by atoms with Crippen molar-refractivity contribution in [1.82, 2.24) is 0 Å². The summed E-state index contributed by atoms with van der Waals surface area (Å²) in [5.74, 6) is 0.872. The Morgan fingerprint density at radius 1 is 1.45 bits per heavy atom. The van der Waals surface area contributed by atoms with Gasteiger partial charge in [0.2, 0.25) is 0 Å². The summed E-state index contributed by atoms with van der Waals surface area (Å²) < 4.78 is 6.61. The molecule has 2 aliphatic rings. The van der Waals surface area contributed by atoms with Gasteiger partial charge in [0.05, 0.1) is 6.10 Å². The standard InChI is InChI=1S/C17H21BrO2/c1-3-11-9-17(7-6-15(11)20-2)10-12-4-5-13(18)8-14(12)16(17)19/h4-5,8,11,15H,3,6-7,9-10H2,1-2H3. The Morgan fingerprint density at radius 2 is 2.25 bits per heavy atom. The second kappa shape index (κ2) is 5.27. The number of methoxy groups -OCH3 is 1. The van der Waals surface area contributed by atoms with Crippen molar-refractivity contribution in [2.75, 3.05) is 7.11 Å². The molecule has 108 valence electrons. The van der Waals surface area contributed by atoms with Crippen LogP contribution < -0.4 is 0 Å². The van der Waals surface area contributed by atoms with Crippen molar-refractivity contribution < 1.29 is 9.53 Å². The minimum absolute atomic E-state index is 0.154. The smallest absolute Gasteiger partial charge is 0.169 e. The first-order valence-corrected chi connectivity index (χ1v) is 8.25. The van der Waals surface area contributed by atoms with Crippen LogP contribution in [0.3, 0.4) is 0 Å². The number of carbonyl (C=O) groups excluding carboxylic acids is 1. The van der Waals surface area contributed by atoms with Gasteiger partial charge in [-0.25, -0.2) is 0 Å².